The van der Waals surface area contributed by atoms with Gasteiger partial charge in [-0.3, -0.25) is 4.79 Å². The fraction of sp³-hybridized carbons (Fsp3) is 0.0526. The van der Waals surface area contributed by atoms with Crippen molar-refractivity contribution >= 4 is 23.2 Å². The number of amides is 1. The molecule has 1 amide bonds. The van der Waals surface area contributed by atoms with E-state index in [4.69, 9.17) is 11.6 Å². The zero-order chi connectivity index (χ0) is 18.8. The Morgan fingerprint density at radius 2 is 1.89 bits per heavy atom. The summed E-state index contributed by atoms with van der Waals surface area (Å²) in [4.78, 5) is 12.3. The zero-order valence-electron chi connectivity index (χ0n) is 13.9. The Hall–Kier alpha value is -3.32. The average molecular weight is 382 g/mol. The lowest BCUT2D eigenvalue weighted by molar-refractivity contribution is 0.0950. The maximum Gasteiger partial charge on any atom is 0.253 e. The highest BCUT2D eigenvalue weighted by molar-refractivity contribution is 6.33. The highest BCUT2D eigenvalue weighted by Crippen LogP contribution is 2.18. The van der Waals surface area contributed by atoms with Crippen molar-refractivity contribution in [3.8, 4) is 11.3 Å². The molecule has 0 radical (unpaired) electrons. The van der Waals surface area contributed by atoms with Gasteiger partial charge in [-0.05, 0) is 30.3 Å². The highest BCUT2D eigenvalue weighted by Gasteiger charge is 2.14. The first-order valence-electron chi connectivity index (χ1n) is 8.12. The van der Waals surface area contributed by atoms with E-state index < -0.39 is 11.7 Å². The Morgan fingerprint density at radius 3 is 2.67 bits per heavy atom. The van der Waals surface area contributed by atoms with Gasteiger partial charge in [0.2, 0.25) is 0 Å². The fourth-order valence-corrected chi connectivity index (χ4v) is 2.89. The number of hydrogen-bond donors (Lipinski definition) is 1. The smallest absolute Gasteiger partial charge is 0.253 e. The molecule has 0 fully saturated rings. The number of benzene rings is 2. The van der Waals surface area contributed by atoms with E-state index in [-0.39, 0.29) is 17.1 Å². The second kappa shape index (κ2) is 7.13. The van der Waals surface area contributed by atoms with Crippen LogP contribution in [0.1, 0.15) is 16.2 Å². The van der Waals surface area contributed by atoms with Crippen LogP contribution >= 0.6 is 11.6 Å². The van der Waals surface area contributed by atoms with Gasteiger partial charge >= 0.3 is 0 Å². The largest absolute Gasteiger partial charge is 0.345 e. The van der Waals surface area contributed by atoms with Crippen LogP contribution in [0.2, 0.25) is 5.02 Å². The summed E-state index contributed by atoms with van der Waals surface area (Å²) < 4.78 is 14.7. The Bertz CT molecular complexity index is 1130. The lowest BCUT2D eigenvalue weighted by atomic mass is 10.1. The molecule has 2 aromatic heterocycles. The molecule has 0 spiro atoms. The molecule has 2 heterocycles. The minimum atomic E-state index is -0.502. The SMILES string of the molecule is O=C(NCc1nnc2ccc(-c3ccccc3)nn12)c1ccc(F)cc1Cl. The summed E-state index contributed by atoms with van der Waals surface area (Å²) in [7, 11) is 0. The van der Waals surface area contributed by atoms with Gasteiger partial charge in [-0.1, -0.05) is 41.9 Å². The molecule has 27 heavy (non-hydrogen) atoms. The first-order chi connectivity index (χ1) is 13.1. The molecule has 4 rings (SSSR count). The first kappa shape index (κ1) is 17.1. The molecule has 4 aromatic rings. The van der Waals surface area contributed by atoms with Gasteiger partial charge in [0.1, 0.15) is 5.82 Å². The van der Waals surface area contributed by atoms with Crippen LogP contribution in [0.3, 0.4) is 0 Å². The summed E-state index contributed by atoms with van der Waals surface area (Å²) in [6.07, 6.45) is 0. The lowest BCUT2D eigenvalue weighted by Crippen LogP contribution is -2.24. The van der Waals surface area contributed by atoms with Crippen LogP contribution in [-0.2, 0) is 6.54 Å². The molecule has 134 valence electrons. The summed E-state index contributed by atoms with van der Waals surface area (Å²) in [5.74, 6) is -0.469. The minimum Gasteiger partial charge on any atom is -0.345 e. The van der Waals surface area contributed by atoms with Gasteiger partial charge in [-0.15, -0.1) is 10.2 Å². The molecule has 6 nitrogen and oxygen atoms in total. The van der Waals surface area contributed by atoms with Crippen molar-refractivity contribution < 1.29 is 9.18 Å². The van der Waals surface area contributed by atoms with Crippen molar-refractivity contribution in [2.45, 2.75) is 6.54 Å². The van der Waals surface area contributed by atoms with Gasteiger partial charge in [0.15, 0.2) is 11.5 Å². The fourth-order valence-electron chi connectivity index (χ4n) is 2.63. The molecule has 0 aliphatic heterocycles. The molecule has 0 unspecified atom stereocenters. The van der Waals surface area contributed by atoms with E-state index >= 15 is 0 Å². The highest BCUT2D eigenvalue weighted by atomic mass is 35.5. The topological polar surface area (TPSA) is 72.2 Å². The molecule has 8 heteroatoms. The van der Waals surface area contributed by atoms with E-state index in [1.165, 1.54) is 12.1 Å². The van der Waals surface area contributed by atoms with Gasteiger partial charge in [0.05, 0.1) is 22.8 Å². The molecule has 0 aliphatic rings. The molecule has 0 atom stereocenters. The number of rotatable bonds is 4. The van der Waals surface area contributed by atoms with Crippen LogP contribution in [0.4, 0.5) is 4.39 Å². The summed E-state index contributed by atoms with van der Waals surface area (Å²) in [6.45, 7) is 0.0962. The number of halogens is 2. The third kappa shape index (κ3) is 3.50. The number of aromatic nitrogens is 4. The first-order valence-corrected chi connectivity index (χ1v) is 8.49. The molecule has 0 saturated heterocycles. The monoisotopic (exact) mass is 381 g/mol. The van der Waals surface area contributed by atoms with Crippen molar-refractivity contribution in [2.75, 3.05) is 0 Å². The maximum absolute atomic E-state index is 13.1. The number of hydrogen-bond acceptors (Lipinski definition) is 4. The van der Waals surface area contributed by atoms with Crippen molar-refractivity contribution in [2.24, 2.45) is 0 Å². The van der Waals surface area contributed by atoms with Crippen LogP contribution in [0.25, 0.3) is 16.9 Å². The zero-order valence-corrected chi connectivity index (χ0v) is 14.7. The number of carbonyl (C=O) groups excluding carboxylic acids is 1. The predicted octanol–water partition coefficient (Wildman–Crippen LogP) is 3.51. The molecular weight excluding hydrogens is 369 g/mol. The summed E-state index contributed by atoms with van der Waals surface area (Å²) in [5, 5.41) is 15.4. The summed E-state index contributed by atoms with van der Waals surface area (Å²) >= 11 is 5.92. The van der Waals surface area contributed by atoms with E-state index in [1.807, 2.05) is 42.5 Å². The Kier molecular flexibility index (Phi) is 4.52. The number of nitrogens with zero attached hydrogens (tertiary/aromatic N) is 4. The van der Waals surface area contributed by atoms with Crippen LogP contribution in [0, 0.1) is 5.82 Å². The Labute approximate surface area is 158 Å². The second-order valence-corrected chi connectivity index (χ2v) is 6.18. The average Bonchev–Trinajstić information content (AvgIpc) is 3.09. The lowest BCUT2D eigenvalue weighted by Gasteiger charge is -2.06. The quantitative estimate of drug-likeness (QED) is 0.587. The van der Waals surface area contributed by atoms with Gasteiger partial charge < -0.3 is 5.32 Å². The number of fused-ring (bicyclic) bond motifs is 1. The Balaban J connectivity index is 1.58. The number of nitrogens with one attached hydrogen (secondary N) is 1. The van der Waals surface area contributed by atoms with E-state index in [0.29, 0.717) is 11.5 Å². The molecule has 0 saturated carbocycles. The van der Waals surface area contributed by atoms with E-state index in [0.717, 1.165) is 17.3 Å². The van der Waals surface area contributed by atoms with Crippen LogP contribution in [0.15, 0.2) is 60.7 Å². The molecular formula is C19H13ClFN5O. The predicted molar refractivity (Wildman–Crippen MR) is 98.8 cm³/mol. The summed E-state index contributed by atoms with van der Waals surface area (Å²) in [5.41, 5.74) is 2.47. The van der Waals surface area contributed by atoms with Gasteiger partial charge in [-0.2, -0.15) is 9.61 Å². The molecule has 2 aromatic carbocycles. The number of carbonyl (C=O) groups is 1. The summed E-state index contributed by atoms with van der Waals surface area (Å²) in [6, 6.07) is 17.0. The van der Waals surface area contributed by atoms with Crippen molar-refractivity contribution in [3.63, 3.8) is 0 Å². The normalized spacial score (nSPS) is 10.9. The standard InChI is InChI=1S/C19H13ClFN5O/c20-15-10-13(21)6-7-14(15)19(27)22-11-18-24-23-17-9-8-16(25-26(17)18)12-4-2-1-3-5-12/h1-10H,11H2,(H,22,27). The Morgan fingerprint density at radius 1 is 1.07 bits per heavy atom. The third-order valence-corrected chi connectivity index (χ3v) is 4.29. The van der Waals surface area contributed by atoms with Gasteiger partial charge in [0.25, 0.3) is 5.91 Å². The van der Waals surface area contributed by atoms with Crippen molar-refractivity contribution in [1.29, 1.82) is 0 Å². The molecule has 0 aliphatic carbocycles. The van der Waals surface area contributed by atoms with Gasteiger partial charge in [0, 0.05) is 5.56 Å². The van der Waals surface area contributed by atoms with Crippen LogP contribution < -0.4 is 5.32 Å². The van der Waals surface area contributed by atoms with Crippen LogP contribution in [-0.4, -0.2) is 25.7 Å². The second-order valence-electron chi connectivity index (χ2n) is 5.78. The van der Waals surface area contributed by atoms with E-state index in [2.05, 4.69) is 20.6 Å². The molecule has 0 bridgehead atoms. The van der Waals surface area contributed by atoms with Crippen molar-refractivity contribution in [3.05, 3.63) is 82.9 Å². The van der Waals surface area contributed by atoms with Crippen LogP contribution in [0.5, 0.6) is 0 Å². The van der Waals surface area contributed by atoms with E-state index in [9.17, 15) is 9.18 Å². The van der Waals surface area contributed by atoms with Crippen molar-refractivity contribution in [1.82, 2.24) is 25.1 Å². The molecule has 1 N–H and O–H groups in total. The third-order valence-electron chi connectivity index (χ3n) is 3.98. The van der Waals surface area contributed by atoms with Gasteiger partial charge in [-0.25, -0.2) is 4.39 Å². The minimum absolute atomic E-state index is 0.0445. The van der Waals surface area contributed by atoms with E-state index in [1.54, 1.807) is 4.52 Å². The maximum atomic E-state index is 13.1.